The van der Waals surface area contributed by atoms with E-state index < -0.39 is 0 Å². The standard InChI is InChI=1S/C8H18O2/c1-3-5-8(10)7(4-2)6-9/h7-10H,3-6H2,1-2H3/t7-,8+/m0/s1. The lowest BCUT2D eigenvalue weighted by atomic mass is 9.97. The van der Waals surface area contributed by atoms with Crippen molar-refractivity contribution in [2.75, 3.05) is 6.61 Å². The van der Waals surface area contributed by atoms with Gasteiger partial charge in [0.2, 0.25) is 0 Å². The molecule has 0 aliphatic rings. The second kappa shape index (κ2) is 5.69. The van der Waals surface area contributed by atoms with E-state index >= 15 is 0 Å². The minimum atomic E-state index is -0.306. The predicted molar refractivity (Wildman–Crippen MR) is 41.8 cm³/mol. The molecule has 0 rings (SSSR count). The van der Waals surface area contributed by atoms with Crippen molar-refractivity contribution in [3.8, 4) is 0 Å². The Morgan fingerprint density at radius 3 is 2.20 bits per heavy atom. The summed E-state index contributed by atoms with van der Waals surface area (Å²) in [5.74, 6) is 0.0833. The molecule has 0 fully saturated rings. The van der Waals surface area contributed by atoms with Gasteiger partial charge in [-0.2, -0.15) is 0 Å². The normalized spacial score (nSPS) is 16.8. The number of aliphatic hydroxyl groups is 2. The van der Waals surface area contributed by atoms with Crippen LogP contribution in [0.5, 0.6) is 0 Å². The second-order valence-electron chi connectivity index (χ2n) is 2.71. The molecule has 0 aliphatic heterocycles. The lowest BCUT2D eigenvalue weighted by Gasteiger charge is -2.17. The van der Waals surface area contributed by atoms with Gasteiger partial charge in [-0.15, -0.1) is 0 Å². The number of rotatable bonds is 5. The summed E-state index contributed by atoms with van der Waals surface area (Å²) in [7, 11) is 0. The first-order valence-corrected chi connectivity index (χ1v) is 4.05. The SMILES string of the molecule is CCC[C@@H](O)[C@@H](CC)CO. The van der Waals surface area contributed by atoms with Crippen LogP contribution < -0.4 is 0 Å². The van der Waals surface area contributed by atoms with Crippen molar-refractivity contribution in [3.63, 3.8) is 0 Å². The van der Waals surface area contributed by atoms with Gasteiger partial charge in [-0.3, -0.25) is 0 Å². The molecule has 0 heterocycles. The third-order valence-corrected chi connectivity index (χ3v) is 1.89. The molecule has 2 atom stereocenters. The van der Waals surface area contributed by atoms with E-state index in [1.165, 1.54) is 0 Å². The second-order valence-corrected chi connectivity index (χ2v) is 2.71. The van der Waals surface area contributed by atoms with E-state index in [0.29, 0.717) is 0 Å². The smallest absolute Gasteiger partial charge is 0.0590 e. The van der Waals surface area contributed by atoms with E-state index in [-0.39, 0.29) is 18.6 Å². The largest absolute Gasteiger partial charge is 0.396 e. The zero-order valence-corrected chi connectivity index (χ0v) is 6.88. The Bertz CT molecular complexity index is 69.7. The van der Waals surface area contributed by atoms with E-state index in [9.17, 15) is 5.11 Å². The zero-order chi connectivity index (χ0) is 7.98. The van der Waals surface area contributed by atoms with Gasteiger partial charge in [0.15, 0.2) is 0 Å². The van der Waals surface area contributed by atoms with E-state index in [1.807, 2.05) is 13.8 Å². The van der Waals surface area contributed by atoms with Crippen LogP contribution >= 0.6 is 0 Å². The molecule has 0 aliphatic carbocycles. The Labute approximate surface area is 62.9 Å². The Kier molecular flexibility index (Phi) is 5.64. The van der Waals surface area contributed by atoms with E-state index in [2.05, 4.69) is 0 Å². The number of hydrogen-bond acceptors (Lipinski definition) is 2. The summed E-state index contributed by atoms with van der Waals surface area (Å²) in [6, 6.07) is 0. The molecule has 10 heavy (non-hydrogen) atoms. The van der Waals surface area contributed by atoms with Crippen molar-refractivity contribution >= 4 is 0 Å². The van der Waals surface area contributed by atoms with Gasteiger partial charge in [-0.1, -0.05) is 20.3 Å². The first-order valence-electron chi connectivity index (χ1n) is 4.05. The lowest BCUT2D eigenvalue weighted by molar-refractivity contribution is 0.0584. The van der Waals surface area contributed by atoms with Gasteiger partial charge in [0.05, 0.1) is 6.10 Å². The fourth-order valence-corrected chi connectivity index (χ4v) is 1.05. The topological polar surface area (TPSA) is 40.5 Å². The number of hydrogen-bond donors (Lipinski definition) is 2. The molecule has 0 saturated heterocycles. The van der Waals surface area contributed by atoms with Crippen LogP contribution in [-0.2, 0) is 0 Å². The molecule has 0 bridgehead atoms. The molecule has 2 heteroatoms. The minimum Gasteiger partial charge on any atom is -0.396 e. The minimum absolute atomic E-state index is 0.0833. The van der Waals surface area contributed by atoms with Gasteiger partial charge in [0, 0.05) is 12.5 Å². The molecule has 0 spiro atoms. The molecule has 62 valence electrons. The molecule has 0 radical (unpaired) electrons. The van der Waals surface area contributed by atoms with Gasteiger partial charge in [0.25, 0.3) is 0 Å². The van der Waals surface area contributed by atoms with Crippen LogP contribution in [0.4, 0.5) is 0 Å². The van der Waals surface area contributed by atoms with Crippen molar-refractivity contribution in [2.45, 2.75) is 39.2 Å². The molecular weight excluding hydrogens is 128 g/mol. The van der Waals surface area contributed by atoms with Gasteiger partial charge in [-0.25, -0.2) is 0 Å². The fourth-order valence-electron chi connectivity index (χ4n) is 1.05. The molecule has 2 nitrogen and oxygen atoms in total. The first kappa shape index (κ1) is 9.92. The highest BCUT2D eigenvalue weighted by atomic mass is 16.3. The number of aliphatic hydroxyl groups excluding tert-OH is 2. The summed E-state index contributed by atoms with van der Waals surface area (Å²) < 4.78 is 0. The Morgan fingerprint density at radius 2 is 1.90 bits per heavy atom. The highest BCUT2D eigenvalue weighted by molar-refractivity contribution is 4.65. The summed E-state index contributed by atoms with van der Waals surface area (Å²) in [6.07, 6.45) is 2.34. The van der Waals surface area contributed by atoms with Crippen molar-refractivity contribution in [1.82, 2.24) is 0 Å². The van der Waals surface area contributed by atoms with Gasteiger partial charge in [-0.05, 0) is 12.8 Å². The van der Waals surface area contributed by atoms with Crippen LogP contribution in [0, 0.1) is 5.92 Å². The highest BCUT2D eigenvalue weighted by Gasteiger charge is 2.14. The highest BCUT2D eigenvalue weighted by Crippen LogP contribution is 2.11. The van der Waals surface area contributed by atoms with Crippen LogP contribution in [0.2, 0.25) is 0 Å². The molecule has 0 unspecified atom stereocenters. The van der Waals surface area contributed by atoms with Crippen LogP contribution in [0.1, 0.15) is 33.1 Å². The van der Waals surface area contributed by atoms with Crippen molar-refractivity contribution in [3.05, 3.63) is 0 Å². The Hall–Kier alpha value is -0.0800. The summed E-state index contributed by atoms with van der Waals surface area (Å²) in [5.41, 5.74) is 0. The quantitative estimate of drug-likeness (QED) is 0.611. The van der Waals surface area contributed by atoms with Crippen molar-refractivity contribution in [1.29, 1.82) is 0 Å². The van der Waals surface area contributed by atoms with Crippen molar-refractivity contribution in [2.24, 2.45) is 5.92 Å². The monoisotopic (exact) mass is 146 g/mol. The maximum absolute atomic E-state index is 9.35. The fraction of sp³-hybridized carbons (Fsp3) is 1.00. The molecule has 0 aromatic carbocycles. The van der Waals surface area contributed by atoms with Gasteiger partial charge < -0.3 is 10.2 Å². The zero-order valence-electron chi connectivity index (χ0n) is 6.88. The summed E-state index contributed by atoms with van der Waals surface area (Å²) in [5, 5.41) is 18.1. The van der Waals surface area contributed by atoms with Crippen LogP contribution in [-0.4, -0.2) is 22.9 Å². The van der Waals surface area contributed by atoms with Crippen LogP contribution in [0.25, 0.3) is 0 Å². The maximum atomic E-state index is 9.35. The summed E-state index contributed by atoms with van der Waals surface area (Å²) >= 11 is 0. The maximum Gasteiger partial charge on any atom is 0.0590 e. The van der Waals surface area contributed by atoms with E-state index in [0.717, 1.165) is 19.3 Å². The average Bonchev–Trinajstić information content (AvgIpc) is 1.91. The molecule has 0 saturated carbocycles. The van der Waals surface area contributed by atoms with Gasteiger partial charge >= 0.3 is 0 Å². The molecule has 2 N–H and O–H groups in total. The van der Waals surface area contributed by atoms with Crippen LogP contribution in [0.15, 0.2) is 0 Å². The predicted octanol–water partition coefficient (Wildman–Crippen LogP) is 1.17. The third-order valence-electron chi connectivity index (χ3n) is 1.89. The van der Waals surface area contributed by atoms with Crippen LogP contribution in [0.3, 0.4) is 0 Å². The lowest BCUT2D eigenvalue weighted by Crippen LogP contribution is -2.22. The van der Waals surface area contributed by atoms with E-state index in [1.54, 1.807) is 0 Å². The Balaban J connectivity index is 3.53. The summed E-state index contributed by atoms with van der Waals surface area (Å²) in [4.78, 5) is 0. The van der Waals surface area contributed by atoms with Gasteiger partial charge in [0.1, 0.15) is 0 Å². The third kappa shape index (κ3) is 3.18. The average molecular weight is 146 g/mol. The molecule has 0 aromatic heterocycles. The van der Waals surface area contributed by atoms with Crippen molar-refractivity contribution < 1.29 is 10.2 Å². The van der Waals surface area contributed by atoms with E-state index in [4.69, 9.17) is 5.11 Å². The first-order chi connectivity index (χ1) is 4.76. The molecular formula is C8H18O2. The molecule has 0 amide bonds. The Morgan fingerprint density at radius 1 is 1.30 bits per heavy atom. The summed E-state index contributed by atoms with van der Waals surface area (Å²) in [6.45, 7) is 4.13. The molecule has 0 aromatic rings.